The third kappa shape index (κ3) is 1.67. The average molecular weight is 307 g/mol. The van der Waals surface area contributed by atoms with E-state index in [1.807, 2.05) is 0 Å². The Labute approximate surface area is 69.5 Å². The second-order valence-corrected chi connectivity index (χ2v) is 4.11. The van der Waals surface area contributed by atoms with Crippen LogP contribution in [0.1, 0.15) is 0 Å². The molecule has 0 aromatic carbocycles. The van der Waals surface area contributed by atoms with Crippen molar-refractivity contribution in [3.63, 3.8) is 0 Å². The van der Waals surface area contributed by atoms with Gasteiger partial charge in [0, 0.05) is 8.09 Å². The van der Waals surface area contributed by atoms with E-state index in [1.165, 1.54) is 8.09 Å². The van der Waals surface area contributed by atoms with Crippen LogP contribution in [0.5, 0.6) is 0 Å². The van der Waals surface area contributed by atoms with Crippen molar-refractivity contribution in [2.45, 2.75) is 0 Å². The minimum absolute atomic E-state index is 0.0477. The van der Waals surface area contributed by atoms with E-state index in [1.54, 1.807) is 0 Å². The number of halogens is 4. The van der Waals surface area contributed by atoms with Crippen LogP contribution in [0.2, 0.25) is 0 Å². The maximum atomic E-state index is 12.4. The second kappa shape index (κ2) is 3.01. The van der Waals surface area contributed by atoms with Crippen molar-refractivity contribution in [1.82, 2.24) is 0 Å². The van der Waals surface area contributed by atoms with Crippen LogP contribution >= 0.6 is 36.7 Å². The first-order valence-electron chi connectivity index (χ1n) is 2.08. The number of rotatable bonds is 0. The Kier molecular flexibility index (Phi) is 2.51. The maximum Gasteiger partial charge on any atom is 0.146 e. The molecule has 0 saturated heterocycles. The van der Waals surface area contributed by atoms with E-state index in [4.69, 9.17) is 0 Å². The summed E-state index contributed by atoms with van der Waals surface area (Å²) in [6.45, 7) is 0. The van der Waals surface area contributed by atoms with Crippen molar-refractivity contribution < 1.29 is 8.78 Å². The van der Waals surface area contributed by atoms with Gasteiger partial charge in [0.2, 0.25) is 0 Å². The molecule has 0 saturated carbocycles. The minimum Gasteiger partial charge on any atom is -0.205 e. The fourth-order valence-electron chi connectivity index (χ4n) is 0.352. The summed E-state index contributed by atoms with van der Waals surface area (Å²) < 4.78 is 27.5. The molecular weight excluding hydrogens is 305 g/mol. The highest BCUT2D eigenvalue weighted by Gasteiger charge is 2.08. The predicted octanol–water partition coefficient (Wildman–Crippen LogP) is 3.16. The van der Waals surface area contributed by atoms with Gasteiger partial charge in [0.05, 0.1) is 4.48 Å². The zero-order valence-electron chi connectivity index (χ0n) is 4.17. The van der Waals surface area contributed by atoms with Gasteiger partial charge in [-0.25, -0.2) is 8.78 Å². The number of allylic oxidation sites excluding steroid dienone is 3. The van der Waals surface area contributed by atoms with Crippen LogP contribution in [0, 0.1) is 0 Å². The topological polar surface area (TPSA) is 0 Å². The highest BCUT2D eigenvalue weighted by Crippen LogP contribution is 2.29. The first kappa shape index (κ1) is 7.53. The van der Waals surface area contributed by atoms with Gasteiger partial charge in [0.1, 0.15) is 11.7 Å². The second-order valence-electron chi connectivity index (χ2n) is 1.35. The zero-order chi connectivity index (χ0) is 6.85. The molecule has 0 amide bonds. The summed E-state index contributed by atoms with van der Waals surface area (Å²) in [5, 5.41) is 0. The maximum absolute atomic E-state index is 12.4. The standard InChI is InChI=1S/C5H2BrF2I/c6-5-3(7)1-9-2-4(5)8/h1-2H. The van der Waals surface area contributed by atoms with Crippen LogP contribution in [-0.2, 0) is 0 Å². The summed E-state index contributed by atoms with van der Waals surface area (Å²) in [7, 11) is 0. The molecule has 0 fully saturated rings. The highest BCUT2D eigenvalue weighted by atomic mass is 127. The molecule has 0 unspecified atom stereocenters. The molecule has 50 valence electrons. The lowest BCUT2D eigenvalue weighted by molar-refractivity contribution is 0.639. The smallest absolute Gasteiger partial charge is 0.146 e. The van der Waals surface area contributed by atoms with Gasteiger partial charge in [-0.2, -0.15) is 0 Å². The van der Waals surface area contributed by atoms with Crippen molar-refractivity contribution in [1.29, 1.82) is 0 Å². The van der Waals surface area contributed by atoms with Crippen LogP contribution in [0.4, 0.5) is 8.78 Å². The Morgan fingerprint density at radius 1 is 1.44 bits per heavy atom. The van der Waals surface area contributed by atoms with E-state index in [0.717, 1.165) is 0 Å². The van der Waals surface area contributed by atoms with Gasteiger partial charge < -0.3 is 0 Å². The molecule has 1 heterocycles. The fraction of sp³-hybridized carbons (Fsp3) is 0. The molecule has 1 rings (SSSR count). The molecule has 1 aliphatic heterocycles. The van der Waals surface area contributed by atoms with E-state index in [-0.39, 0.29) is 4.48 Å². The highest BCUT2D eigenvalue weighted by molar-refractivity contribution is 14.2. The van der Waals surface area contributed by atoms with Gasteiger partial charge in [-0.1, -0.05) is 20.7 Å². The van der Waals surface area contributed by atoms with Crippen molar-refractivity contribution in [3.8, 4) is 0 Å². The van der Waals surface area contributed by atoms with E-state index in [0.29, 0.717) is 0 Å². The molecule has 1 aliphatic rings. The third-order valence-electron chi connectivity index (χ3n) is 0.737. The van der Waals surface area contributed by atoms with Crippen LogP contribution in [0.15, 0.2) is 20.2 Å². The predicted molar refractivity (Wildman–Crippen MR) is 46.3 cm³/mol. The van der Waals surface area contributed by atoms with Crippen molar-refractivity contribution in [3.05, 3.63) is 20.2 Å². The third-order valence-corrected chi connectivity index (χ3v) is 3.31. The van der Waals surface area contributed by atoms with Crippen LogP contribution in [0.25, 0.3) is 0 Å². The van der Waals surface area contributed by atoms with Crippen molar-refractivity contribution >= 4 is 40.7 Å². The van der Waals surface area contributed by atoms with Crippen LogP contribution < -0.4 is 0 Å². The minimum atomic E-state index is -0.518. The summed E-state index contributed by atoms with van der Waals surface area (Å²) in [6.07, 6.45) is 0. The lowest BCUT2D eigenvalue weighted by Crippen LogP contribution is -1.82. The molecule has 4 heteroatoms. The summed E-state index contributed by atoms with van der Waals surface area (Å²) in [4.78, 5) is 0. The van der Waals surface area contributed by atoms with Gasteiger partial charge >= 0.3 is 0 Å². The van der Waals surface area contributed by atoms with Gasteiger partial charge in [0.25, 0.3) is 0 Å². The van der Waals surface area contributed by atoms with Gasteiger partial charge in [-0.15, -0.1) is 0 Å². The Hall–Kier alpha value is 0.420. The molecular formula is C5H2BrF2I. The molecule has 0 bridgehead atoms. The molecule has 0 atom stereocenters. The molecule has 0 aliphatic carbocycles. The van der Waals surface area contributed by atoms with Crippen molar-refractivity contribution in [2.24, 2.45) is 0 Å². The summed E-state index contributed by atoms with van der Waals surface area (Å²) in [5.74, 6) is -0.939. The van der Waals surface area contributed by atoms with Crippen LogP contribution in [0.3, 0.4) is 0 Å². The van der Waals surface area contributed by atoms with Gasteiger partial charge in [-0.3, -0.25) is 0 Å². The first-order chi connectivity index (χ1) is 4.22. The summed E-state index contributed by atoms with van der Waals surface area (Å²) in [5.41, 5.74) is 0. The Balaban J connectivity index is 3.06. The zero-order valence-corrected chi connectivity index (χ0v) is 7.91. The molecule has 0 radical (unpaired) electrons. The number of hydrogen-bond acceptors (Lipinski definition) is 0. The summed E-state index contributed by atoms with van der Waals surface area (Å²) >= 11 is 2.25. The molecule has 0 nitrogen and oxygen atoms in total. The SMILES string of the molecule is FC1=CI=CC(F)=C1Br. The lowest BCUT2D eigenvalue weighted by Gasteiger charge is -1.97. The average Bonchev–Trinajstić information content (AvgIpc) is 1.83. The van der Waals surface area contributed by atoms with Crippen molar-refractivity contribution in [2.75, 3.05) is 0 Å². The largest absolute Gasteiger partial charge is 0.205 e. The van der Waals surface area contributed by atoms with Crippen LogP contribution in [-0.4, -0.2) is 4.01 Å². The monoisotopic (exact) mass is 306 g/mol. The van der Waals surface area contributed by atoms with E-state index in [9.17, 15) is 8.78 Å². The fourth-order valence-corrected chi connectivity index (χ4v) is 2.87. The molecule has 0 aromatic heterocycles. The van der Waals surface area contributed by atoms with Gasteiger partial charge in [-0.05, 0) is 15.9 Å². The van der Waals surface area contributed by atoms with Gasteiger partial charge in [0.15, 0.2) is 0 Å². The molecule has 9 heavy (non-hydrogen) atoms. The molecule has 0 N–H and O–H groups in total. The Bertz CT molecular complexity index is 217. The Morgan fingerprint density at radius 3 is 2.56 bits per heavy atom. The molecule has 0 spiro atoms. The Morgan fingerprint density at radius 2 is 2.11 bits per heavy atom. The number of hydrogen-bond donors (Lipinski definition) is 0. The first-order valence-corrected chi connectivity index (χ1v) is 5.36. The van der Waals surface area contributed by atoms with E-state index < -0.39 is 32.4 Å². The summed E-state index contributed by atoms with van der Waals surface area (Å²) in [6, 6.07) is 0. The molecule has 0 aromatic rings. The lowest BCUT2D eigenvalue weighted by atomic mass is 10.5. The van der Waals surface area contributed by atoms with E-state index in [2.05, 4.69) is 15.9 Å². The quantitative estimate of drug-likeness (QED) is 0.603. The normalized spacial score (nSPS) is 19.2. The van der Waals surface area contributed by atoms with E-state index >= 15 is 0 Å².